The summed E-state index contributed by atoms with van der Waals surface area (Å²) in [5, 5.41) is 2.02. The predicted octanol–water partition coefficient (Wildman–Crippen LogP) is 0.105. The van der Waals surface area contributed by atoms with Gasteiger partial charge in [-0.3, -0.25) is 4.79 Å². The summed E-state index contributed by atoms with van der Waals surface area (Å²) < 4.78 is 23.0. The van der Waals surface area contributed by atoms with Gasteiger partial charge in [-0.05, 0) is 6.42 Å². The molecule has 1 amide bonds. The Labute approximate surface area is 63.9 Å². The summed E-state index contributed by atoms with van der Waals surface area (Å²) in [7, 11) is 0. The summed E-state index contributed by atoms with van der Waals surface area (Å²) in [6, 6.07) is -0.672. The van der Waals surface area contributed by atoms with Crippen LogP contribution in [-0.2, 0) is 4.79 Å². The third-order valence-electron chi connectivity index (χ3n) is 1.21. The van der Waals surface area contributed by atoms with Crippen molar-refractivity contribution < 1.29 is 13.6 Å². The van der Waals surface area contributed by atoms with Gasteiger partial charge in [-0.2, -0.15) is 0 Å². The Morgan fingerprint density at radius 1 is 1.64 bits per heavy atom. The van der Waals surface area contributed by atoms with Crippen molar-refractivity contribution >= 4 is 5.91 Å². The molecule has 0 aromatic carbocycles. The number of carbonyl (C=O) groups excluding carboxylic acids is 1. The minimum atomic E-state index is -2.51. The van der Waals surface area contributed by atoms with E-state index in [0.29, 0.717) is 6.42 Å². The molecule has 0 aliphatic rings. The first-order chi connectivity index (χ1) is 5.07. The minimum absolute atomic E-state index is 0.453. The topological polar surface area (TPSA) is 55.1 Å². The lowest BCUT2D eigenvalue weighted by Gasteiger charge is -2.08. The molecule has 0 fully saturated rings. The van der Waals surface area contributed by atoms with E-state index in [1.807, 2.05) is 5.32 Å². The van der Waals surface area contributed by atoms with Gasteiger partial charge in [-0.15, -0.1) is 0 Å². The van der Waals surface area contributed by atoms with E-state index in [1.165, 1.54) is 0 Å². The van der Waals surface area contributed by atoms with Gasteiger partial charge in [0.1, 0.15) is 0 Å². The Morgan fingerprint density at radius 3 is 2.55 bits per heavy atom. The molecule has 0 saturated carbocycles. The highest BCUT2D eigenvalue weighted by Gasteiger charge is 2.11. The van der Waals surface area contributed by atoms with Gasteiger partial charge in [0.2, 0.25) is 5.91 Å². The zero-order chi connectivity index (χ0) is 8.85. The smallest absolute Gasteiger partial charge is 0.255 e. The van der Waals surface area contributed by atoms with E-state index in [9.17, 15) is 13.6 Å². The van der Waals surface area contributed by atoms with E-state index in [0.717, 1.165) is 0 Å². The van der Waals surface area contributed by atoms with Crippen LogP contribution in [0.3, 0.4) is 0 Å². The first-order valence-electron chi connectivity index (χ1n) is 3.39. The van der Waals surface area contributed by atoms with Gasteiger partial charge in [0.15, 0.2) is 0 Å². The first-order valence-corrected chi connectivity index (χ1v) is 3.39. The maximum Gasteiger partial charge on any atom is 0.255 e. The number of hydrogen-bond acceptors (Lipinski definition) is 2. The Bertz CT molecular complexity index is 130. The fraction of sp³-hybridized carbons (Fsp3) is 0.833. The van der Waals surface area contributed by atoms with Crippen molar-refractivity contribution in [1.82, 2.24) is 5.32 Å². The van der Waals surface area contributed by atoms with E-state index in [4.69, 9.17) is 5.73 Å². The van der Waals surface area contributed by atoms with Crippen LogP contribution in [0.1, 0.15) is 13.3 Å². The zero-order valence-corrected chi connectivity index (χ0v) is 6.31. The standard InChI is InChI=1S/C6H12F2N2O/c1-2-4(9)6(11)10-3-5(7)8/h4-5H,2-3,9H2,1H3,(H,10,11). The largest absolute Gasteiger partial charge is 0.349 e. The van der Waals surface area contributed by atoms with Crippen LogP contribution in [0.25, 0.3) is 0 Å². The Balaban J connectivity index is 3.52. The van der Waals surface area contributed by atoms with Crippen molar-refractivity contribution in [3.63, 3.8) is 0 Å². The van der Waals surface area contributed by atoms with Gasteiger partial charge in [-0.1, -0.05) is 6.92 Å². The van der Waals surface area contributed by atoms with Crippen LogP contribution in [0, 0.1) is 0 Å². The monoisotopic (exact) mass is 166 g/mol. The molecule has 3 N–H and O–H groups in total. The van der Waals surface area contributed by atoms with E-state index < -0.39 is 24.9 Å². The molecule has 0 aromatic heterocycles. The third-order valence-corrected chi connectivity index (χ3v) is 1.21. The second-order valence-corrected chi connectivity index (χ2v) is 2.15. The highest BCUT2D eigenvalue weighted by atomic mass is 19.3. The number of amides is 1. The Morgan fingerprint density at radius 2 is 2.18 bits per heavy atom. The molecule has 0 bridgehead atoms. The van der Waals surface area contributed by atoms with E-state index in [2.05, 4.69) is 0 Å². The van der Waals surface area contributed by atoms with Crippen LogP contribution in [0.15, 0.2) is 0 Å². The van der Waals surface area contributed by atoms with Gasteiger partial charge >= 0.3 is 0 Å². The van der Waals surface area contributed by atoms with Crippen LogP contribution >= 0.6 is 0 Å². The molecule has 0 spiro atoms. The summed E-state index contributed by atoms with van der Waals surface area (Å²) in [6.45, 7) is 1.10. The van der Waals surface area contributed by atoms with Gasteiger partial charge < -0.3 is 11.1 Å². The molecule has 0 aliphatic carbocycles. The van der Waals surface area contributed by atoms with Crippen LogP contribution < -0.4 is 11.1 Å². The second kappa shape index (κ2) is 5.01. The van der Waals surface area contributed by atoms with Crippen molar-refractivity contribution in [3.05, 3.63) is 0 Å². The zero-order valence-electron chi connectivity index (χ0n) is 6.31. The summed E-state index contributed by atoms with van der Waals surface area (Å²) in [5.74, 6) is -0.521. The molecule has 1 atom stereocenters. The number of carbonyl (C=O) groups is 1. The third kappa shape index (κ3) is 4.66. The molecule has 0 radical (unpaired) electrons. The Kier molecular flexibility index (Phi) is 4.69. The Hall–Kier alpha value is -0.710. The quantitative estimate of drug-likeness (QED) is 0.622. The van der Waals surface area contributed by atoms with E-state index >= 15 is 0 Å². The fourth-order valence-corrected chi connectivity index (χ4v) is 0.494. The molecule has 5 heteroatoms. The summed E-state index contributed by atoms with van der Waals surface area (Å²) >= 11 is 0. The van der Waals surface area contributed by atoms with Gasteiger partial charge in [0.25, 0.3) is 6.43 Å². The number of rotatable bonds is 4. The van der Waals surface area contributed by atoms with Crippen molar-refractivity contribution in [2.75, 3.05) is 6.54 Å². The lowest BCUT2D eigenvalue weighted by Crippen LogP contribution is -2.41. The SMILES string of the molecule is CCC(N)C(=O)NCC(F)F. The number of halogens is 2. The van der Waals surface area contributed by atoms with Crippen LogP contribution in [-0.4, -0.2) is 24.9 Å². The van der Waals surface area contributed by atoms with Gasteiger partial charge in [0.05, 0.1) is 12.6 Å². The van der Waals surface area contributed by atoms with E-state index in [1.54, 1.807) is 6.92 Å². The summed E-state index contributed by atoms with van der Waals surface area (Å²) in [6.07, 6.45) is -2.06. The molecule has 3 nitrogen and oxygen atoms in total. The predicted molar refractivity (Wildman–Crippen MR) is 37.3 cm³/mol. The molecular weight excluding hydrogens is 154 g/mol. The van der Waals surface area contributed by atoms with Crippen molar-refractivity contribution in [2.24, 2.45) is 5.73 Å². The van der Waals surface area contributed by atoms with Crippen molar-refractivity contribution in [3.8, 4) is 0 Å². The number of nitrogens with one attached hydrogen (secondary N) is 1. The van der Waals surface area contributed by atoms with Crippen LogP contribution in [0.5, 0.6) is 0 Å². The van der Waals surface area contributed by atoms with E-state index in [-0.39, 0.29) is 0 Å². The molecule has 0 aromatic rings. The molecule has 0 saturated heterocycles. The number of nitrogens with two attached hydrogens (primary N) is 1. The van der Waals surface area contributed by atoms with Crippen LogP contribution in [0.4, 0.5) is 8.78 Å². The second-order valence-electron chi connectivity index (χ2n) is 2.15. The molecule has 1 unspecified atom stereocenters. The molecular formula is C6H12F2N2O. The molecule has 0 heterocycles. The first kappa shape index (κ1) is 10.3. The number of alkyl halides is 2. The summed E-state index contributed by atoms with van der Waals surface area (Å²) in [4.78, 5) is 10.7. The lowest BCUT2D eigenvalue weighted by atomic mass is 10.2. The van der Waals surface area contributed by atoms with Gasteiger partial charge in [0, 0.05) is 0 Å². The average molecular weight is 166 g/mol. The molecule has 0 aliphatic heterocycles. The van der Waals surface area contributed by atoms with Gasteiger partial charge in [-0.25, -0.2) is 8.78 Å². The van der Waals surface area contributed by atoms with Crippen molar-refractivity contribution in [1.29, 1.82) is 0 Å². The highest BCUT2D eigenvalue weighted by Crippen LogP contribution is 1.90. The lowest BCUT2D eigenvalue weighted by molar-refractivity contribution is -0.123. The molecule has 66 valence electrons. The highest BCUT2D eigenvalue weighted by molar-refractivity contribution is 5.81. The normalized spacial score (nSPS) is 13.2. The summed E-state index contributed by atoms with van der Waals surface area (Å²) in [5.41, 5.74) is 5.25. The molecule has 0 rings (SSSR count). The minimum Gasteiger partial charge on any atom is -0.349 e. The fourth-order valence-electron chi connectivity index (χ4n) is 0.494. The average Bonchev–Trinajstić information content (AvgIpc) is 1.98. The maximum atomic E-state index is 11.5. The molecule has 11 heavy (non-hydrogen) atoms. The maximum absolute atomic E-state index is 11.5. The van der Waals surface area contributed by atoms with Crippen molar-refractivity contribution in [2.45, 2.75) is 25.8 Å². The van der Waals surface area contributed by atoms with Crippen LogP contribution in [0.2, 0.25) is 0 Å². The number of hydrogen-bond donors (Lipinski definition) is 2.